The van der Waals surface area contributed by atoms with Crippen LogP contribution in [0.25, 0.3) is 0 Å². The molecule has 0 aromatic rings. The first-order chi connectivity index (χ1) is 9.28. The highest BCUT2D eigenvalue weighted by Gasteiger charge is 2.22. The van der Waals surface area contributed by atoms with Crippen molar-refractivity contribution in [2.45, 2.75) is 70.8 Å². The maximum Gasteiger partial charge on any atom is 0.220 e. The molecule has 19 heavy (non-hydrogen) atoms. The fraction of sp³-hybridized carbons (Fsp3) is 0.938. The summed E-state index contributed by atoms with van der Waals surface area (Å²) in [4.78, 5) is 12.0. The van der Waals surface area contributed by atoms with Crippen LogP contribution in [0.2, 0.25) is 0 Å². The molecule has 2 atom stereocenters. The summed E-state index contributed by atoms with van der Waals surface area (Å²) >= 11 is 0. The molecule has 1 aliphatic heterocycles. The molecular formula is C16H30N2O. The largest absolute Gasteiger partial charge is 0.353 e. The Balaban J connectivity index is 1.63. The predicted octanol–water partition coefficient (Wildman–Crippen LogP) is 2.85. The van der Waals surface area contributed by atoms with Gasteiger partial charge in [-0.25, -0.2) is 0 Å². The van der Waals surface area contributed by atoms with Gasteiger partial charge in [-0.15, -0.1) is 0 Å². The van der Waals surface area contributed by atoms with Crippen molar-refractivity contribution in [2.24, 2.45) is 11.8 Å². The van der Waals surface area contributed by atoms with Crippen LogP contribution in [0.1, 0.15) is 64.7 Å². The van der Waals surface area contributed by atoms with Gasteiger partial charge in [0.25, 0.3) is 0 Å². The van der Waals surface area contributed by atoms with Gasteiger partial charge >= 0.3 is 0 Å². The Bertz CT molecular complexity index is 274. The molecule has 1 heterocycles. The van der Waals surface area contributed by atoms with E-state index in [4.69, 9.17) is 0 Å². The molecule has 1 saturated carbocycles. The minimum absolute atomic E-state index is 0.292. The molecule has 2 rings (SSSR count). The van der Waals surface area contributed by atoms with Crippen LogP contribution in [0.4, 0.5) is 0 Å². The SMILES string of the molecule is CCC1CCCC(NC(=O)CCC2CCNCC2)C1. The van der Waals surface area contributed by atoms with Gasteiger partial charge in [0.2, 0.25) is 5.91 Å². The topological polar surface area (TPSA) is 41.1 Å². The second-order valence-corrected chi connectivity index (χ2v) is 6.44. The lowest BCUT2D eigenvalue weighted by atomic mass is 9.84. The molecular weight excluding hydrogens is 236 g/mol. The number of piperidine rings is 1. The van der Waals surface area contributed by atoms with E-state index in [0.29, 0.717) is 11.9 Å². The van der Waals surface area contributed by atoms with Gasteiger partial charge < -0.3 is 10.6 Å². The quantitative estimate of drug-likeness (QED) is 0.803. The highest BCUT2D eigenvalue weighted by atomic mass is 16.1. The summed E-state index contributed by atoms with van der Waals surface area (Å²) in [5.41, 5.74) is 0. The third-order valence-electron chi connectivity index (χ3n) is 4.96. The van der Waals surface area contributed by atoms with E-state index >= 15 is 0 Å². The van der Waals surface area contributed by atoms with Crippen LogP contribution >= 0.6 is 0 Å². The maximum atomic E-state index is 12.0. The molecule has 1 saturated heterocycles. The molecule has 2 fully saturated rings. The van der Waals surface area contributed by atoms with Gasteiger partial charge in [-0.1, -0.05) is 26.2 Å². The number of amides is 1. The van der Waals surface area contributed by atoms with Crippen LogP contribution in [0, 0.1) is 11.8 Å². The number of rotatable bonds is 5. The molecule has 0 aromatic carbocycles. The van der Waals surface area contributed by atoms with Gasteiger partial charge in [-0.2, -0.15) is 0 Å². The normalized spacial score (nSPS) is 29.1. The average Bonchev–Trinajstić information content (AvgIpc) is 2.46. The molecule has 110 valence electrons. The first-order valence-corrected chi connectivity index (χ1v) is 8.28. The molecule has 0 spiro atoms. The van der Waals surface area contributed by atoms with Crippen molar-refractivity contribution in [3.05, 3.63) is 0 Å². The number of hydrogen-bond acceptors (Lipinski definition) is 2. The summed E-state index contributed by atoms with van der Waals surface area (Å²) in [6.45, 7) is 4.53. The van der Waals surface area contributed by atoms with Crippen LogP contribution < -0.4 is 10.6 Å². The number of hydrogen-bond donors (Lipinski definition) is 2. The Morgan fingerprint density at radius 3 is 2.68 bits per heavy atom. The Labute approximate surface area is 117 Å². The lowest BCUT2D eigenvalue weighted by Crippen LogP contribution is -2.38. The van der Waals surface area contributed by atoms with Crippen LogP contribution in [0.15, 0.2) is 0 Å². The van der Waals surface area contributed by atoms with E-state index < -0.39 is 0 Å². The van der Waals surface area contributed by atoms with E-state index in [1.165, 1.54) is 44.9 Å². The molecule has 2 unspecified atom stereocenters. The van der Waals surface area contributed by atoms with E-state index in [-0.39, 0.29) is 0 Å². The number of carbonyl (C=O) groups is 1. The van der Waals surface area contributed by atoms with E-state index in [1.54, 1.807) is 0 Å². The van der Waals surface area contributed by atoms with Crippen molar-refractivity contribution >= 4 is 5.91 Å². The predicted molar refractivity (Wildman–Crippen MR) is 79.0 cm³/mol. The highest BCUT2D eigenvalue weighted by molar-refractivity contribution is 5.76. The van der Waals surface area contributed by atoms with Crippen molar-refractivity contribution in [3.8, 4) is 0 Å². The summed E-state index contributed by atoms with van der Waals surface area (Å²) in [6, 6.07) is 0.458. The second-order valence-electron chi connectivity index (χ2n) is 6.44. The molecule has 0 aromatic heterocycles. The first-order valence-electron chi connectivity index (χ1n) is 8.28. The molecule has 0 radical (unpaired) electrons. The van der Waals surface area contributed by atoms with E-state index in [2.05, 4.69) is 17.6 Å². The van der Waals surface area contributed by atoms with Crippen LogP contribution in [-0.4, -0.2) is 25.0 Å². The summed E-state index contributed by atoms with van der Waals surface area (Å²) < 4.78 is 0. The zero-order valence-electron chi connectivity index (χ0n) is 12.4. The lowest BCUT2D eigenvalue weighted by molar-refractivity contribution is -0.122. The van der Waals surface area contributed by atoms with Crippen molar-refractivity contribution in [1.82, 2.24) is 10.6 Å². The fourth-order valence-corrected chi connectivity index (χ4v) is 3.60. The van der Waals surface area contributed by atoms with Crippen LogP contribution in [0.5, 0.6) is 0 Å². The third-order valence-corrected chi connectivity index (χ3v) is 4.96. The third kappa shape index (κ3) is 5.13. The van der Waals surface area contributed by atoms with Crippen molar-refractivity contribution in [3.63, 3.8) is 0 Å². The summed E-state index contributed by atoms with van der Waals surface area (Å²) in [6.07, 6.45) is 10.6. The van der Waals surface area contributed by atoms with Crippen LogP contribution in [0.3, 0.4) is 0 Å². The summed E-state index contributed by atoms with van der Waals surface area (Å²) in [7, 11) is 0. The molecule has 1 aliphatic carbocycles. The smallest absolute Gasteiger partial charge is 0.220 e. The Kier molecular flexibility index (Phi) is 6.15. The van der Waals surface area contributed by atoms with Crippen LogP contribution in [-0.2, 0) is 4.79 Å². The Morgan fingerprint density at radius 2 is 1.95 bits per heavy atom. The molecule has 2 aliphatic rings. The first kappa shape index (κ1) is 14.8. The van der Waals surface area contributed by atoms with Gasteiger partial charge in [0, 0.05) is 12.5 Å². The molecule has 3 heteroatoms. The average molecular weight is 266 g/mol. The molecule has 2 N–H and O–H groups in total. The Morgan fingerprint density at radius 1 is 1.16 bits per heavy atom. The van der Waals surface area contributed by atoms with Gasteiger partial charge in [0.05, 0.1) is 0 Å². The Hall–Kier alpha value is -0.570. The van der Waals surface area contributed by atoms with E-state index in [0.717, 1.165) is 37.8 Å². The molecule has 3 nitrogen and oxygen atoms in total. The fourth-order valence-electron chi connectivity index (χ4n) is 3.60. The summed E-state index contributed by atoms with van der Waals surface area (Å²) in [5.74, 6) is 1.89. The number of nitrogens with one attached hydrogen (secondary N) is 2. The standard InChI is InChI=1S/C16H30N2O/c1-2-13-4-3-5-15(12-13)18-16(19)7-6-14-8-10-17-11-9-14/h13-15,17H,2-12H2,1H3,(H,18,19). The minimum Gasteiger partial charge on any atom is -0.353 e. The molecule has 0 bridgehead atoms. The van der Waals surface area contributed by atoms with Gasteiger partial charge in [-0.3, -0.25) is 4.79 Å². The number of carbonyl (C=O) groups excluding carboxylic acids is 1. The van der Waals surface area contributed by atoms with Crippen molar-refractivity contribution in [1.29, 1.82) is 0 Å². The zero-order chi connectivity index (χ0) is 13.5. The molecule has 1 amide bonds. The van der Waals surface area contributed by atoms with E-state index in [9.17, 15) is 4.79 Å². The highest BCUT2D eigenvalue weighted by Crippen LogP contribution is 2.26. The van der Waals surface area contributed by atoms with Gasteiger partial charge in [0.15, 0.2) is 0 Å². The van der Waals surface area contributed by atoms with Gasteiger partial charge in [0.1, 0.15) is 0 Å². The van der Waals surface area contributed by atoms with Gasteiger partial charge in [-0.05, 0) is 57.0 Å². The minimum atomic E-state index is 0.292. The van der Waals surface area contributed by atoms with Crippen molar-refractivity contribution in [2.75, 3.05) is 13.1 Å². The second kappa shape index (κ2) is 7.88. The monoisotopic (exact) mass is 266 g/mol. The van der Waals surface area contributed by atoms with E-state index in [1.807, 2.05) is 0 Å². The lowest BCUT2D eigenvalue weighted by Gasteiger charge is -2.29. The summed E-state index contributed by atoms with van der Waals surface area (Å²) in [5, 5.41) is 6.65. The zero-order valence-corrected chi connectivity index (χ0v) is 12.4. The maximum absolute atomic E-state index is 12.0. The van der Waals surface area contributed by atoms with Crippen molar-refractivity contribution < 1.29 is 4.79 Å².